The molecule has 188 valence electrons. The van der Waals surface area contributed by atoms with E-state index >= 15 is 0 Å². The van der Waals surface area contributed by atoms with Gasteiger partial charge in [-0.2, -0.15) is 0 Å². The molecular formula is C24H28ClFN4O5. The number of carbonyl (C=O) groups is 2. The average molecular weight is 507 g/mol. The first-order valence-corrected chi connectivity index (χ1v) is 11.4. The summed E-state index contributed by atoms with van der Waals surface area (Å²) in [5, 5.41) is 20.4. The van der Waals surface area contributed by atoms with Gasteiger partial charge >= 0.3 is 6.03 Å². The minimum Gasteiger partial charge on any atom is -0.394 e. The molecular weight excluding hydrogens is 479 g/mol. The van der Waals surface area contributed by atoms with Crippen LogP contribution in [0.25, 0.3) is 6.08 Å². The highest BCUT2D eigenvalue weighted by Crippen LogP contribution is 2.21. The van der Waals surface area contributed by atoms with Crippen molar-refractivity contribution in [2.75, 3.05) is 13.2 Å². The van der Waals surface area contributed by atoms with Crippen LogP contribution in [0.3, 0.4) is 0 Å². The van der Waals surface area contributed by atoms with Crippen LogP contribution in [0.2, 0.25) is 5.02 Å². The summed E-state index contributed by atoms with van der Waals surface area (Å²) in [6, 6.07) is 10.7. The van der Waals surface area contributed by atoms with Gasteiger partial charge in [0.2, 0.25) is 5.91 Å². The molecule has 2 aromatic rings. The summed E-state index contributed by atoms with van der Waals surface area (Å²) < 4.78 is 13.7. The maximum atomic E-state index is 13.7. The number of benzene rings is 2. The number of hydrogen-bond donors (Lipinski definition) is 4. The summed E-state index contributed by atoms with van der Waals surface area (Å²) in [5.74, 6) is -1.01. The van der Waals surface area contributed by atoms with Crippen molar-refractivity contribution in [3.05, 3.63) is 76.2 Å². The number of amides is 3. The van der Waals surface area contributed by atoms with Crippen LogP contribution in [-0.4, -0.2) is 57.4 Å². The van der Waals surface area contributed by atoms with Crippen LogP contribution in [-0.2, 0) is 22.7 Å². The lowest BCUT2D eigenvalue weighted by atomic mass is 10.0. The number of hydrazine groups is 1. The lowest BCUT2D eigenvalue weighted by molar-refractivity contribution is -0.139. The van der Waals surface area contributed by atoms with E-state index in [0.29, 0.717) is 12.1 Å². The molecule has 2 aromatic carbocycles. The van der Waals surface area contributed by atoms with Gasteiger partial charge in [0.05, 0.1) is 36.9 Å². The van der Waals surface area contributed by atoms with E-state index < -0.39 is 36.5 Å². The fourth-order valence-corrected chi connectivity index (χ4v) is 3.83. The Balaban J connectivity index is 1.61. The van der Waals surface area contributed by atoms with E-state index in [9.17, 15) is 24.2 Å². The first kappa shape index (κ1) is 26.6. The van der Waals surface area contributed by atoms with Gasteiger partial charge in [-0.25, -0.2) is 20.1 Å². The zero-order chi connectivity index (χ0) is 25.4. The first-order chi connectivity index (χ1) is 16.8. The van der Waals surface area contributed by atoms with E-state index in [1.54, 1.807) is 12.3 Å². The highest BCUT2D eigenvalue weighted by atomic mass is 35.5. The molecule has 0 spiro atoms. The van der Waals surface area contributed by atoms with Crippen LogP contribution in [0, 0.1) is 5.82 Å². The molecule has 0 fully saturated rings. The third kappa shape index (κ3) is 7.23. The summed E-state index contributed by atoms with van der Waals surface area (Å²) in [4.78, 5) is 31.7. The number of hydrogen-bond acceptors (Lipinski definition) is 6. The van der Waals surface area contributed by atoms with Gasteiger partial charge in [-0.1, -0.05) is 48.0 Å². The lowest BCUT2D eigenvalue weighted by Crippen LogP contribution is -2.52. The largest absolute Gasteiger partial charge is 0.394 e. The third-order valence-corrected chi connectivity index (χ3v) is 5.88. The fraction of sp³-hybridized carbons (Fsp3) is 0.333. The maximum absolute atomic E-state index is 13.7. The summed E-state index contributed by atoms with van der Waals surface area (Å²) in [7, 11) is 0. The molecule has 0 saturated carbocycles. The first-order valence-electron chi connectivity index (χ1n) is 11.0. The van der Waals surface area contributed by atoms with Gasteiger partial charge in [-0.3, -0.25) is 19.5 Å². The average Bonchev–Trinajstić information content (AvgIpc) is 2.85. The van der Waals surface area contributed by atoms with Crippen molar-refractivity contribution in [3.63, 3.8) is 0 Å². The van der Waals surface area contributed by atoms with Crippen molar-refractivity contribution >= 4 is 29.6 Å². The smallest absolute Gasteiger partial charge is 0.345 e. The van der Waals surface area contributed by atoms with Gasteiger partial charge in [0.25, 0.3) is 0 Å². The molecule has 0 radical (unpaired) electrons. The third-order valence-electron chi connectivity index (χ3n) is 5.46. The summed E-state index contributed by atoms with van der Waals surface area (Å²) in [6.45, 7) is 0.964. The van der Waals surface area contributed by atoms with Crippen molar-refractivity contribution in [1.82, 2.24) is 20.8 Å². The molecule has 0 saturated heterocycles. The Labute approximate surface area is 207 Å². The maximum Gasteiger partial charge on any atom is 0.345 e. The van der Waals surface area contributed by atoms with E-state index in [1.165, 1.54) is 29.0 Å². The van der Waals surface area contributed by atoms with Crippen LogP contribution < -0.4 is 10.9 Å². The highest BCUT2D eigenvalue weighted by Gasteiger charge is 2.26. The van der Waals surface area contributed by atoms with Crippen molar-refractivity contribution in [2.45, 2.75) is 38.6 Å². The monoisotopic (exact) mass is 506 g/mol. The Morgan fingerprint density at radius 1 is 1.26 bits per heavy atom. The van der Waals surface area contributed by atoms with Crippen molar-refractivity contribution in [1.29, 1.82) is 0 Å². The minimum absolute atomic E-state index is 0.0201. The number of aliphatic hydroxyl groups is 2. The molecule has 2 atom stereocenters. The van der Waals surface area contributed by atoms with Crippen molar-refractivity contribution in [3.8, 4) is 0 Å². The standard InChI is InChI=1S/C24H28ClFN4O5/c1-16(32)30(27-12-18-7-4-8-22(26)23(18)25)20(11-21(33)14-31)15-35-28-24(34)29-10-9-17-5-2-3-6-19(17)13-29/h2-10,20-21,27,31,33H,11-15H2,1H3,(H,28,34)/t20-,21?/m0/s1. The summed E-state index contributed by atoms with van der Waals surface area (Å²) in [6.07, 6.45) is 2.27. The van der Waals surface area contributed by atoms with E-state index in [4.69, 9.17) is 16.4 Å². The van der Waals surface area contributed by atoms with Gasteiger partial charge < -0.3 is 10.2 Å². The van der Waals surface area contributed by atoms with E-state index in [0.717, 1.165) is 11.1 Å². The Hall–Kier alpha value is -3.02. The topological polar surface area (TPSA) is 114 Å². The van der Waals surface area contributed by atoms with Gasteiger partial charge in [-0.05, 0) is 35.3 Å². The van der Waals surface area contributed by atoms with Gasteiger partial charge in [0.1, 0.15) is 5.82 Å². The van der Waals surface area contributed by atoms with Crippen LogP contribution in [0.4, 0.5) is 9.18 Å². The molecule has 1 aliphatic heterocycles. The molecule has 1 aliphatic rings. The van der Waals surface area contributed by atoms with Crippen molar-refractivity contribution < 1.29 is 29.0 Å². The normalized spacial score (nSPS) is 14.3. The molecule has 35 heavy (non-hydrogen) atoms. The number of aliphatic hydroxyl groups excluding tert-OH is 2. The zero-order valence-electron chi connectivity index (χ0n) is 19.2. The summed E-state index contributed by atoms with van der Waals surface area (Å²) in [5.41, 5.74) is 7.65. The van der Waals surface area contributed by atoms with E-state index in [-0.39, 0.29) is 24.6 Å². The number of nitrogens with one attached hydrogen (secondary N) is 2. The second-order valence-electron chi connectivity index (χ2n) is 8.02. The summed E-state index contributed by atoms with van der Waals surface area (Å²) >= 11 is 5.99. The van der Waals surface area contributed by atoms with E-state index in [2.05, 4.69) is 10.9 Å². The molecule has 4 N–H and O–H groups in total. The number of nitrogens with zero attached hydrogens (tertiary/aromatic N) is 2. The van der Waals surface area contributed by atoms with Crippen LogP contribution >= 0.6 is 11.6 Å². The lowest BCUT2D eigenvalue weighted by Gasteiger charge is -2.32. The fourth-order valence-electron chi connectivity index (χ4n) is 3.63. The number of urea groups is 1. The minimum atomic E-state index is -1.14. The molecule has 3 amide bonds. The molecule has 11 heteroatoms. The van der Waals surface area contributed by atoms with Gasteiger partial charge in [0.15, 0.2) is 0 Å². The Bertz CT molecular complexity index is 1070. The predicted molar refractivity (Wildman–Crippen MR) is 128 cm³/mol. The second kappa shape index (κ2) is 12.6. The zero-order valence-corrected chi connectivity index (χ0v) is 19.9. The quantitative estimate of drug-likeness (QED) is 0.368. The van der Waals surface area contributed by atoms with Gasteiger partial charge in [0, 0.05) is 19.7 Å². The second-order valence-corrected chi connectivity index (χ2v) is 8.40. The van der Waals surface area contributed by atoms with Crippen LogP contribution in [0.1, 0.15) is 30.0 Å². The molecule has 3 rings (SSSR count). The predicted octanol–water partition coefficient (Wildman–Crippen LogP) is 2.57. The van der Waals surface area contributed by atoms with Crippen LogP contribution in [0.15, 0.2) is 48.7 Å². The number of hydroxylamine groups is 1. The molecule has 1 unspecified atom stereocenters. The molecule has 0 bridgehead atoms. The Kier molecular flexibility index (Phi) is 9.58. The number of rotatable bonds is 10. The number of halogens is 2. The number of carbonyl (C=O) groups excluding carboxylic acids is 2. The van der Waals surface area contributed by atoms with E-state index in [1.807, 2.05) is 30.3 Å². The number of fused-ring (bicyclic) bond motifs is 1. The Morgan fingerprint density at radius 2 is 2.03 bits per heavy atom. The molecule has 9 nitrogen and oxygen atoms in total. The Morgan fingerprint density at radius 3 is 2.77 bits per heavy atom. The SMILES string of the molecule is CC(=O)N(NCc1cccc(F)c1Cl)[C@H](CONC(=O)N1C=Cc2ccccc2C1)CC(O)CO. The molecule has 1 heterocycles. The molecule has 0 aromatic heterocycles. The van der Waals surface area contributed by atoms with Gasteiger partial charge in [-0.15, -0.1) is 0 Å². The highest BCUT2D eigenvalue weighted by molar-refractivity contribution is 6.31. The van der Waals surface area contributed by atoms with Crippen LogP contribution in [0.5, 0.6) is 0 Å². The molecule has 0 aliphatic carbocycles. The van der Waals surface area contributed by atoms with Crippen molar-refractivity contribution in [2.24, 2.45) is 0 Å².